The topological polar surface area (TPSA) is 64.0 Å². The molecule has 31 heavy (non-hydrogen) atoms. The zero-order valence-electron chi connectivity index (χ0n) is 16.8. The number of nitrogens with one attached hydrogen (secondary N) is 1. The van der Waals surface area contributed by atoms with Gasteiger partial charge in [-0.2, -0.15) is 0 Å². The minimum Gasteiger partial charge on any atom is -0.325 e. The highest BCUT2D eigenvalue weighted by molar-refractivity contribution is 9.10. The van der Waals surface area contributed by atoms with Gasteiger partial charge in [-0.25, -0.2) is 4.98 Å². The van der Waals surface area contributed by atoms with Gasteiger partial charge < -0.3 is 5.32 Å². The number of hydrogen-bond acceptors (Lipinski definition) is 4. The molecule has 0 aliphatic carbocycles. The van der Waals surface area contributed by atoms with Crippen molar-refractivity contribution in [2.24, 2.45) is 0 Å². The summed E-state index contributed by atoms with van der Waals surface area (Å²) < 4.78 is 2.48. The maximum Gasteiger partial charge on any atom is 0.266 e. The van der Waals surface area contributed by atoms with E-state index in [2.05, 4.69) is 33.2 Å². The van der Waals surface area contributed by atoms with E-state index in [9.17, 15) is 9.59 Å². The number of thioether (sulfide) groups is 1. The number of carbonyl (C=O) groups is 1. The minimum absolute atomic E-state index is 0.138. The minimum atomic E-state index is -0.160. The summed E-state index contributed by atoms with van der Waals surface area (Å²) in [5.74, 6) is -0.00465. The van der Waals surface area contributed by atoms with E-state index in [1.807, 2.05) is 66.7 Å². The largest absolute Gasteiger partial charge is 0.325 e. The van der Waals surface area contributed by atoms with Gasteiger partial charge in [-0.1, -0.05) is 64.9 Å². The number of halogens is 1. The number of carbonyl (C=O) groups excluding carboxylic acids is 1. The Morgan fingerprint density at radius 2 is 1.74 bits per heavy atom. The maximum absolute atomic E-state index is 13.3. The van der Waals surface area contributed by atoms with E-state index in [0.29, 0.717) is 21.7 Å². The average molecular weight is 494 g/mol. The summed E-state index contributed by atoms with van der Waals surface area (Å²) >= 11 is 4.67. The Morgan fingerprint density at radius 3 is 2.52 bits per heavy atom. The third-order valence-corrected chi connectivity index (χ3v) is 6.30. The average Bonchev–Trinajstić information content (AvgIpc) is 2.79. The molecule has 0 bridgehead atoms. The van der Waals surface area contributed by atoms with Gasteiger partial charge in [0.25, 0.3) is 5.56 Å². The molecule has 0 fully saturated rings. The van der Waals surface area contributed by atoms with Crippen molar-refractivity contribution in [1.29, 1.82) is 0 Å². The molecule has 0 saturated heterocycles. The van der Waals surface area contributed by atoms with Crippen LogP contribution >= 0.6 is 27.7 Å². The maximum atomic E-state index is 13.3. The second-order valence-corrected chi connectivity index (χ2v) is 8.73. The number of para-hydroxylation sites is 2. The van der Waals surface area contributed by atoms with Crippen molar-refractivity contribution in [3.8, 4) is 5.69 Å². The lowest BCUT2D eigenvalue weighted by Gasteiger charge is -2.14. The first-order valence-electron chi connectivity index (χ1n) is 9.85. The summed E-state index contributed by atoms with van der Waals surface area (Å²) in [5.41, 5.74) is 3.04. The zero-order valence-corrected chi connectivity index (χ0v) is 19.2. The van der Waals surface area contributed by atoms with Gasteiger partial charge in [-0.3, -0.25) is 14.2 Å². The Labute approximate surface area is 192 Å². The number of fused-ring (bicyclic) bond motifs is 1. The van der Waals surface area contributed by atoms with Gasteiger partial charge in [-0.15, -0.1) is 0 Å². The molecular weight excluding hydrogens is 474 g/mol. The molecule has 0 spiro atoms. The highest BCUT2D eigenvalue weighted by Crippen LogP contribution is 2.23. The van der Waals surface area contributed by atoms with Crippen LogP contribution in [0.25, 0.3) is 16.6 Å². The van der Waals surface area contributed by atoms with E-state index in [1.54, 1.807) is 10.6 Å². The molecule has 0 aliphatic rings. The molecule has 1 heterocycles. The van der Waals surface area contributed by atoms with Crippen molar-refractivity contribution in [2.45, 2.75) is 18.5 Å². The summed E-state index contributed by atoms with van der Waals surface area (Å²) in [6.07, 6.45) is 0.832. The Balaban J connectivity index is 1.66. The molecule has 1 amide bonds. The fourth-order valence-corrected chi connectivity index (χ4v) is 4.37. The molecule has 0 radical (unpaired) electrons. The first kappa shape index (κ1) is 21.3. The Hall–Kier alpha value is -2.90. The summed E-state index contributed by atoms with van der Waals surface area (Å²) in [5, 5.41) is 3.98. The highest BCUT2D eigenvalue weighted by atomic mass is 79.9. The summed E-state index contributed by atoms with van der Waals surface area (Å²) in [6.45, 7) is 2.05. The summed E-state index contributed by atoms with van der Waals surface area (Å²) in [4.78, 5) is 30.6. The van der Waals surface area contributed by atoms with Gasteiger partial charge in [-0.05, 0) is 54.4 Å². The van der Waals surface area contributed by atoms with E-state index in [-0.39, 0.29) is 17.2 Å². The number of amides is 1. The Bertz CT molecular complexity index is 1300. The van der Waals surface area contributed by atoms with E-state index in [1.165, 1.54) is 11.8 Å². The molecule has 5 nitrogen and oxygen atoms in total. The molecule has 4 aromatic rings. The lowest BCUT2D eigenvalue weighted by Crippen LogP contribution is -2.23. The summed E-state index contributed by atoms with van der Waals surface area (Å²) in [6, 6.07) is 22.5. The van der Waals surface area contributed by atoms with Gasteiger partial charge in [0.15, 0.2) is 5.16 Å². The van der Waals surface area contributed by atoms with Crippen LogP contribution in [-0.2, 0) is 11.2 Å². The van der Waals surface area contributed by atoms with Crippen LogP contribution in [0.4, 0.5) is 5.69 Å². The van der Waals surface area contributed by atoms with Crippen LogP contribution < -0.4 is 10.9 Å². The molecule has 1 aromatic heterocycles. The molecular formula is C24H20BrN3O2S. The van der Waals surface area contributed by atoms with Crippen molar-refractivity contribution >= 4 is 50.2 Å². The Kier molecular flexibility index (Phi) is 6.53. The quantitative estimate of drug-likeness (QED) is 0.286. The normalized spacial score (nSPS) is 10.9. The van der Waals surface area contributed by atoms with Crippen LogP contribution in [0.1, 0.15) is 12.5 Å². The van der Waals surface area contributed by atoms with Crippen LogP contribution in [0.2, 0.25) is 0 Å². The molecule has 156 valence electrons. The molecule has 0 saturated carbocycles. The van der Waals surface area contributed by atoms with Gasteiger partial charge in [0, 0.05) is 10.2 Å². The lowest BCUT2D eigenvalue weighted by atomic mass is 10.1. The molecule has 0 atom stereocenters. The number of aryl methyl sites for hydroxylation is 1. The zero-order chi connectivity index (χ0) is 21.8. The number of hydrogen-bond donors (Lipinski definition) is 1. The predicted molar refractivity (Wildman–Crippen MR) is 130 cm³/mol. The second-order valence-electron chi connectivity index (χ2n) is 6.88. The van der Waals surface area contributed by atoms with Gasteiger partial charge in [0.2, 0.25) is 5.91 Å². The molecule has 0 unspecified atom stereocenters. The van der Waals surface area contributed by atoms with Gasteiger partial charge >= 0.3 is 0 Å². The van der Waals surface area contributed by atoms with Crippen molar-refractivity contribution in [1.82, 2.24) is 9.55 Å². The fraction of sp³-hybridized carbons (Fsp3) is 0.125. The van der Waals surface area contributed by atoms with E-state index in [0.717, 1.165) is 22.1 Å². The van der Waals surface area contributed by atoms with E-state index >= 15 is 0 Å². The first-order valence-corrected chi connectivity index (χ1v) is 11.6. The van der Waals surface area contributed by atoms with Crippen molar-refractivity contribution < 1.29 is 4.79 Å². The fourth-order valence-electron chi connectivity index (χ4n) is 3.29. The van der Waals surface area contributed by atoms with Crippen molar-refractivity contribution in [3.05, 3.63) is 93.2 Å². The summed E-state index contributed by atoms with van der Waals surface area (Å²) in [7, 11) is 0. The number of rotatable bonds is 6. The highest BCUT2D eigenvalue weighted by Gasteiger charge is 2.15. The lowest BCUT2D eigenvalue weighted by molar-refractivity contribution is -0.113. The molecule has 7 heteroatoms. The molecule has 0 aliphatic heterocycles. The Morgan fingerprint density at radius 1 is 1.03 bits per heavy atom. The molecule has 3 aromatic carbocycles. The van der Waals surface area contributed by atoms with Crippen LogP contribution in [0.15, 0.2) is 87.2 Å². The van der Waals surface area contributed by atoms with Crippen LogP contribution in [0.5, 0.6) is 0 Å². The number of anilines is 1. The van der Waals surface area contributed by atoms with Crippen LogP contribution in [0, 0.1) is 0 Å². The number of nitrogens with zero attached hydrogens (tertiary/aromatic N) is 2. The monoisotopic (exact) mass is 493 g/mol. The third-order valence-electron chi connectivity index (χ3n) is 4.83. The van der Waals surface area contributed by atoms with Crippen molar-refractivity contribution in [2.75, 3.05) is 11.1 Å². The van der Waals surface area contributed by atoms with E-state index in [4.69, 9.17) is 0 Å². The van der Waals surface area contributed by atoms with Crippen LogP contribution in [-0.4, -0.2) is 21.2 Å². The second kappa shape index (κ2) is 9.49. The third kappa shape index (κ3) is 4.73. The number of benzene rings is 3. The smallest absolute Gasteiger partial charge is 0.266 e. The van der Waals surface area contributed by atoms with Crippen LogP contribution in [0.3, 0.4) is 0 Å². The molecule has 1 N–H and O–H groups in total. The van der Waals surface area contributed by atoms with Gasteiger partial charge in [0.1, 0.15) is 0 Å². The van der Waals surface area contributed by atoms with Crippen molar-refractivity contribution in [3.63, 3.8) is 0 Å². The van der Waals surface area contributed by atoms with E-state index < -0.39 is 0 Å². The predicted octanol–water partition coefficient (Wildman–Crippen LogP) is 5.44. The number of aromatic nitrogens is 2. The standard InChI is InChI=1S/C24H20BrN3O2S/c1-2-16-7-3-5-9-20(16)26-22(29)15-31-24-27-21-10-6-4-8-19(21)23(30)28(24)18-13-11-17(25)12-14-18/h3-14H,2,15H2,1H3,(H,26,29). The SMILES string of the molecule is CCc1ccccc1NC(=O)CSc1nc2ccccc2c(=O)n1-c1ccc(Br)cc1. The molecule has 4 rings (SSSR count). The first-order chi connectivity index (χ1) is 15.1. The van der Waals surface area contributed by atoms with Gasteiger partial charge in [0.05, 0.1) is 22.3 Å².